The molecule has 0 spiro atoms. The molecule has 11 aromatic heterocycles. The molecule has 1 unspecified atom stereocenters. The molecular formula is C93H91B2Cl3F4N18O7. The Morgan fingerprint density at radius 1 is 0.433 bits per heavy atom. The topological polar surface area (TPSA) is 306 Å². The Balaban J connectivity index is 0.000000135. The first-order valence-electron chi connectivity index (χ1n) is 41.3. The van der Waals surface area contributed by atoms with Crippen LogP contribution in [0.5, 0.6) is 0 Å². The van der Waals surface area contributed by atoms with Crippen LogP contribution in [0.15, 0.2) is 257 Å². The quantitative estimate of drug-likeness (QED) is 0.0444. The largest absolute Gasteiger partial charge is 0.498 e. The number of hydrogen-bond donors (Lipinski definition) is 3. The summed E-state index contributed by atoms with van der Waals surface area (Å²) in [4.78, 5) is 50.4. The van der Waals surface area contributed by atoms with E-state index in [9.17, 15) is 17.6 Å². The van der Waals surface area contributed by atoms with E-state index in [1.54, 1.807) is 164 Å². The minimum Gasteiger partial charge on any atom is -0.423 e. The van der Waals surface area contributed by atoms with Gasteiger partial charge in [-0.2, -0.15) is 15.3 Å². The Hall–Kier alpha value is -12.1. The van der Waals surface area contributed by atoms with Crippen LogP contribution in [0, 0.1) is 29.2 Å². The molecule has 0 amide bonds. The van der Waals surface area contributed by atoms with Crippen molar-refractivity contribution in [2.45, 2.75) is 129 Å². The maximum absolute atomic E-state index is 14.2. The third-order valence-electron chi connectivity index (χ3n) is 21.2. The smallest absolute Gasteiger partial charge is 0.423 e. The van der Waals surface area contributed by atoms with Crippen molar-refractivity contribution in [1.82, 2.24) is 89.1 Å². The van der Waals surface area contributed by atoms with Gasteiger partial charge < -0.3 is 33.9 Å². The van der Waals surface area contributed by atoms with Gasteiger partial charge in [-0.1, -0.05) is 115 Å². The van der Waals surface area contributed by atoms with Crippen LogP contribution >= 0.6 is 34.8 Å². The summed E-state index contributed by atoms with van der Waals surface area (Å²) in [5, 5.41) is 41.1. The van der Waals surface area contributed by atoms with E-state index in [2.05, 4.69) is 97.8 Å². The van der Waals surface area contributed by atoms with Gasteiger partial charge >= 0.3 is 14.2 Å². The highest BCUT2D eigenvalue weighted by Crippen LogP contribution is 2.37. The van der Waals surface area contributed by atoms with Gasteiger partial charge in [-0.15, -0.1) is 0 Å². The molecule has 3 N–H and O–H groups in total. The molecule has 2 saturated heterocycles. The Morgan fingerprint density at radius 2 is 0.835 bits per heavy atom. The van der Waals surface area contributed by atoms with Gasteiger partial charge in [-0.05, 0) is 168 Å². The molecule has 1 saturated carbocycles. The van der Waals surface area contributed by atoms with Crippen LogP contribution in [0.25, 0.3) is 101 Å². The number of rotatable bonds is 21. The van der Waals surface area contributed by atoms with Crippen molar-refractivity contribution >= 4 is 60.0 Å². The van der Waals surface area contributed by atoms with E-state index in [0.717, 1.165) is 83.0 Å². The number of ether oxygens (including phenoxy) is 2. The molecule has 3 fully saturated rings. The molecular weight excluding hydrogens is 1690 g/mol. The number of hydrogen-bond acceptors (Lipinski definition) is 22. The van der Waals surface area contributed by atoms with E-state index in [-0.39, 0.29) is 59.9 Å². The lowest BCUT2D eigenvalue weighted by Crippen LogP contribution is -2.41. The van der Waals surface area contributed by atoms with Crippen molar-refractivity contribution < 1.29 is 51.5 Å². The van der Waals surface area contributed by atoms with Gasteiger partial charge in [-0.25, -0.2) is 37.5 Å². The van der Waals surface area contributed by atoms with E-state index >= 15 is 0 Å². The normalized spacial score (nSPS) is 14.4. The first-order chi connectivity index (χ1) is 61.6. The van der Waals surface area contributed by atoms with E-state index in [1.165, 1.54) is 106 Å². The van der Waals surface area contributed by atoms with Crippen molar-refractivity contribution in [2.24, 2.45) is 5.92 Å². The summed E-state index contributed by atoms with van der Waals surface area (Å²) < 4.78 is 84.4. The molecule has 1 atom stereocenters. The summed E-state index contributed by atoms with van der Waals surface area (Å²) in [6.07, 6.45) is 42.9. The standard InChI is InChI=1S/C27H28FN5.C20H16FN5O.C16H27BN2O4.C15H9ClFN3.C11H9BFNO2.C4H2Cl2N2/c28-24-11-5-4-10-23(24)25-15-21(12-13-30-25)26-17-29-18-27(32-26)22-16-31-33(19-22)14-6-9-20-7-2-1-3-8-20;21-17-4-2-1-3-16(17)18-9-14(5-6-23-18)19-11-22-12-20(25-19)15-10-24-26(13-15)7-8-27;1-15(2)16(3,4)23-17(22-15)13-11-18-19(12-13)8-10-21-14-7-5-6-9-20-14;16-15-9-18-8-14(20-15)10-5-6-19-13(7-10)11-3-1-2-4-12(11)17;13-10-4-2-1-3-9(10)11-7-8(12(15)16)5-6-14-11;5-3-1-7-2-4(6)8-3/h4-5,10-13,15-20H,1-3,6-9,14H2;1-6,9-13,27H,7-8H2;11-12,14H,5-10H2,1-4H3;1-9H;1-7,15-16H;1-2H. The first-order valence-corrected chi connectivity index (χ1v) is 42.5. The van der Waals surface area contributed by atoms with Crippen molar-refractivity contribution in [3.63, 3.8) is 0 Å². The van der Waals surface area contributed by atoms with Gasteiger partial charge in [0.25, 0.3) is 0 Å². The number of aryl methyl sites for hydroxylation is 1. The van der Waals surface area contributed by atoms with Crippen LogP contribution in [0.2, 0.25) is 15.5 Å². The van der Waals surface area contributed by atoms with Crippen molar-refractivity contribution in [3.8, 4) is 101 Å². The summed E-state index contributed by atoms with van der Waals surface area (Å²) in [5.74, 6) is -0.420. The summed E-state index contributed by atoms with van der Waals surface area (Å²) in [7, 11) is -1.94. The third-order valence-corrected chi connectivity index (χ3v) is 21.7. The fourth-order valence-electron chi connectivity index (χ4n) is 13.8. The molecule has 1 aliphatic carbocycles. The lowest BCUT2D eigenvalue weighted by molar-refractivity contribution is -0.163. The van der Waals surface area contributed by atoms with E-state index in [0.29, 0.717) is 97.3 Å². The molecule has 25 nitrogen and oxygen atoms in total. The predicted octanol–water partition coefficient (Wildman–Crippen LogP) is 17.8. The number of nitrogens with zero attached hydrogens (tertiary/aromatic N) is 18. The first kappa shape index (κ1) is 92.5. The molecule has 34 heteroatoms. The number of halogens is 7. The zero-order valence-corrected chi connectivity index (χ0v) is 72.3. The van der Waals surface area contributed by atoms with Crippen LogP contribution in [0.4, 0.5) is 17.6 Å². The van der Waals surface area contributed by atoms with Crippen LogP contribution < -0.4 is 10.9 Å². The van der Waals surface area contributed by atoms with E-state index < -0.39 is 7.12 Å². The monoisotopic (exact) mass is 1770 g/mol. The zero-order chi connectivity index (χ0) is 89.1. The maximum atomic E-state index is 14.2. The lowest BCUT2D eigenvalue weighted by Gasteiger charge is -2.32. The lowest BCUT2D eigenvalue weighted by atomic mass is 9.80. The summed E-state index contributed by atoms with van der Waals surface area (Å²) in [5.41, 5.74) is 11.9. The average molecular weight is 1780 g/mol. The van der Waals surface area contributed by atoms with Gasteiger partial charge in [0.15, 0.2) is 6.29 Å². The van der Waals surface area contributed by atoms with E-state index in [1.807, 2.05) is 46.2 Å². The molecule has 127 heavy (non-hydrogen) atoms. The molecule has 18 rings (SSSR count). The minimum atomic E-state index is -1.58. The predicted molar refractivity (Wildman–Crippen MR) is 481 cm³/mol. The SMILES string of the molecule is CC1(C)OB(c2cnn(CCOC3CCCCO3)c2)OC1(C)C.Clc1cncc(Cl)n1.Fc1ccccc1-c1cc(-c2cncc(-c3cnn(CCCC4CCCCC4)c3)n2)ccn1.Fc1ccccc1-c1cc(-c2cncc(Cl)n2)ccn1.OB(O)c1ccnc(-c2ccccc2F)c1.OCCn1cc(-c2cncc(-c3ccnc(-c4ccccc4F)c3)n2)cn1. The number of benzene rings is 4. The molecule has 4 aromatic carbocycles. The molecule has 15 aromatic rings. The van der Waals surface area contributed by atoms with Gasteiger partial charge in [0.2, 0.25) is 0 Å². The number of aliphatic hydroxyl groups is 1. The third kappa shape index (κ3) is 26.3. The second-order valence-electron chi connectivity index (χ2n) is 30.7. The number of pyridine rings is 4. The molecule has 3 aliphatic rings. The zero-order valence-electron chi connectivity index (χ0n) is 70.0. The van der Waals surface area contributed by atoms with Crippen LogP contribution in [-0.2, 0) is 38.4 Å². The van der Waals surface area contributed by atoms with Gasteiger partial charge in [0.1, 0.15) is 38.7 Å². The molecule has 0 bridgehead atoms. The second-order valence-corrected chi connectivity index (χ2v) is 31.8. The Labute approximate surface area is 748 Å². The summed E-state index contributed by atoms with van der Waals surface area (Å²) >= 11 is 16.6. The second kappa shape index (κ2) is 45.3. The highest BCUT2D eigenvalue weighted by molar-refractivity contribution is 6.62. The molecule has 650 valence electrons. The van der Waals surface area contributed by atoms with Crippen molar-refractivity contribution in [3.05, 3.63) is 296 Å². The number of aromatic nitrogens is 18. The Bertz CT molecular complexity index is 6040. The molecule has 0 radical (unpaired) electrons. The maximum Gasteiger partial charge on any atom is 0.498 e. The molecule has 2 aliphatic heterocycles. The van der Waals surface area contributed by atoms with Gasteiger partial charge in [-0.3, -0.25) is 53.9 Å². The highest BCUT2D eigenvalue weighted by Gasteiger charge is 2.52. The summed E-state index contributed by atoms with van der Waals surface area (Å²) in [6.45, 7) is 11.7. The van der Waals surface area contributed by atoms with Gasteiger partial charge in [0.05, 0.1) is 151 Å². The highest BCUT2D eigenvalue weighted by atomic mass is 35.5. The number of aliphatic hydroxyl groups excluding tert-OH is 1. The average Bonchev–Trinajstić information content (AvgIpc) is 1.61. The van der Waals surface area contributed by atoms with Crippen LogP contribution in [0.3, 0.4) is 0 Å². The Morgan fingerprint density at radius 3 is 1.27 bits per heavy atom. The molecule has 13 heterocycles. The van der Waals surface area contributed by atoms with E-state index in [4.69, 9.17) is 73.7 Å². The van der Waals surface area contributed by atoms with Gasteiger partial charge in [0, 0.05) is 118 Å². The van der Waals surface area contributed by atoms with Crippen LogP contribution in [-0.4, -0.2) is 156 Å². The van der Waals surface area contributed by atoms with Crippen molar-refractivity contribution in [2.75, 3.05) is 19.8 Å². The minimum absolute atomic E-state index is 0.0165. The fraction of sp³-hybridized carbons (Fsp3) is 0.258. The fourth-order valence-corrected chi connectivity index (χ4v) is 14.3. The Kier molecular flexibility index (Phi) is 33.0. The van der Waals surface area contributed by atoms with Crippen molar-refractivity contribution in [1.29, 1.82) is 0 Å². The summed E-state index contributed by atoms with van der Waals surface area (Å²) in [6, 6.07) is 39.7. The van der Waals surface area contributed by atoms with Crippen LogP contribution in [0.1, 0.15) is 91.9 Å².